The van der Waals surface area contributed by atoms with E-state index in [0.717, 1.165) is 27.6 Å². The van der Waals surface area contributed by atoms with Gasteiger partial charge in [0.1, 0.15) is 5.15 Å². The second-order valence-corrected chi connectivity index (χ2v) is 7.84. The molecule has 0 atom stereocenters. The second-order valence-electron chi connectivity index (χ2n) is 7.48. The van der Waals surface area contributed by atoms with Crippen molar-refractivity contribution >= 4 is 28.4 Å². The van der Waals surface area contributed by atoms with Crippen LogP contribution >= 0.6 is 11.6 Å². The Kier molecular flexibility index (Phi) is 5.77. The van der Waals surface area contributed by atoms with Gasteiger partial charge in [-0.25, -0.2) is 4.98 Å². The van der Waals surface area contributed by atoms with Gasteiger partial charge in [-0.2, -0.15) is 0 Å². The quantitative estimate of drug-likeness (QED) is 0.390. The Labute approximate surface area is 181 Å². The summed E-state index contributed by atoms with van der Waals surface area (Å²) in [6.07, 6.45) is 3.50. The summed E-state index contributed by atoms with van der Waals surface area (Å²) in [7, 11) is 0. The van der Waals surface area contributed by atoms with Gasteiger partial charge in [0.05, 0.1) is 5.52 Å². The van der Waals surface area contributed by atoms with E-state index in [1.807, 2.05) is 55.5 Å². The molecule has 30 heavy (non-hydrogen) atoms. The first-order valence-corrected chi connectivity index (χ1v) is 10.2. The number of hydrogen-bond acceptors (Lipinski definition) is 3. The Morgan fingerprint density at radius 2 is 1.80 bits per heavy atom. The average Bonchev–Trinajstić information content (AvgIpc) is 2.75. The molecule has 0 aliphatic heterocycles. The van der Waals surface area contributed by atoms with Gasteiger partial charge >= 0.3 is 0 Å². The molecule has 0 bridgehead atoms. The zero-order valence-corrected chi connectivity index (χ0v) is 17.7. The molecule has 0 saturated heterocycles. The summed E-state index contributed by atoms with van der Waals surface area (Å²) in [6, 6.07) is 19.4. The van der Waals surface area contributed by atoms with Gasteiger partial charge in [-0.05, 0) is 55.3 Å². The van der Waals surface area contributed by atoms with Crippen molar-refractivity contribution in [1.29, 1.82) is 0 Å². The number of hydrogen-bond donors (Lipinski definition) is 0. The second kappa shape index (κ2) is 8.64. The lowest BCUT2D eigenvalue weighted by molar-refractivity contribution is 0.0730. The summed E-state index contributed by atoms with van der Waals surface area (Å²) in [5.41, 5.74) is 5.56. The number of rotatable bonds is 5. The van der Waals surface area contributed by atoms with E-state index in [-0.39, 0.29) is 5.91 Å². The summed E-state index contributed by atoms with van der Waals surface area (Å²) in [4.78, 5) is 23.9. The van der Waals surface area contributed by atoms with Crippen LogP contribution in [0.25, 0.3) is 10.9 Å². The third-order valence-electron chi connectivity index (χ3n) is 5.04. The average molecular weight is 416 g/mol. The highest BCUT2D eigenvalue weighted by atomic mass is 35.5. The van der Waals surface area contributed by atoms with Crippen molar-refractivity contribution < 1.29 is 4.79 Å². The van der Waals surface area contributed by atoms with Crippen LogP contribution in [-0.2, 0) is 13.1 Å². The fourth-order valence-electron chi connectivity index (χ4n) is 3.66. The van der Waals surface area contributed by atoms with E-state index in [2.05, 4.69) is 29.0 Å². The number of pyridine rings is 2. The maximum Gasteiger partial charge on any atom is 0.254 e. The molecule has 4 rings (SSSR count). The van der Waals surface area contributed by atoms with E-state index < -0.39 is 0 Å². The topological polar surface area (TPSA) is 46.1 Å². The molecule has 0 unspecified atom stereocenters. The number of carbonyl (C=O) groups is 1. The molecule has 150 valence electrons. The minimum atomic E-state index is -0.0592. The molecule has 0 aliphatic rings. The number of aromatic nitrogens is 2. The third-order valence-corrected chi connectivity index (χ3v) is 5.37. The Morgan fingerprint density at radius 1 is 1.00 bits per heavy atom. The van der Waals surface area contributed by atoms with Crippen molar-refractivity contribution in [2.45, 2.75) is 26.9 Å². The Hall–Kier alpha value is -3.24. The van der Waals surface area contributed by atoms with Gasteiger partial charge in [-0.1, -0.05) is 47.5 Å². The van der Waals surface area contributed by atoms with Gasteiger partial charge in [0, 0.05) is 42.0 Å². The molecule has 5 heteroatoms. The van der Waals surface area contributed by atoms with Crippen LogP contribution in [0.4, 0.5) is 0 Å². The number of nitrogens with zero attached hydrogens (tertiary/aromatic N) is 3. The number of fused-ring (bicyclic) bond motifs is 1. The number of aryl methyl sites for hydroxylation is 2. The molecule has 0 saturated carbocycles. The van der Waals surface area contributed by atoms with Gasteiger partial charge in [-0.3, -0.25) is 9.78 Å². The molecule has 0 fully saturated rings. The fraction of sp³-hybridized carbons (Fsp3) is 0.160. The lowest BCUT2D eigenvalue weighted by Gasteiger charge is -2.24. The molecule has 0 aliphatic carbocycles. The highest BCUT2D eigenvalue weighted by Gasteiger charge is 2.19. The van der Waals surface area contributed by atoms with E-state index in [1.54, 1.807) is 17.3 Å². The number of amides is 1. The van der Waals surface area contributed by atoms with Crippen LogP contribution in [0, 0.1) is 13.8 Å². The summed E-state index contributed by atoms with van der Waals surface area (Å²) < 4.78 is 0. The molecule has 1 amide bonds. The molecular formula is C25H22ClN3O. The van der Waals surface area contributed by atoms with Gasteiger partial charge < -0.3 is 4.90 Å². The van der Waals surface area contributed by atoms with Crippen LogP contribution in [0.15, 0.2) is 73.1 Å². The van der Waals surface area contributed by atoms with E-state index in [1.165, 1.54) is 5.56 Å². The van der Waals surface area contributed by atoms with Gasteiger partial charge in [0.25, 0.3) is 5.91 Å². The van der Waals surface area contributed by atoms with Crippen LogP contribution in [0.1, 0.15) is 32.6 Å². The standard InChI is InChI=1S/C25H22ClN3O/c1-17-11-18(2)23-21(12-17)13-22(24(26)28-23)16-29(15-19-7-6-10-27-14-19)25(30)20-8-4-3-5-9-20/h3-14H,15-16H2,1-2H3. The van der Waals surface area contributed by atoms with Gasteiger partial charge in [-0.15, -0.1) is 0 Å². The minimum Gasteiger partial charge on any atom is -0.330 e. The van der Waals surface area contributed by atoms with Crippen molar-refractivity contribution in [3.05, 3.63) is 106 Å². The van der Waals surface area contributed by atoms with Crippen LogP contribution < -0.4 is 0 Å². The smallest absolute Gasteiger partial charge is 0.254 e. The van der Waals surface area contributed by atoms with Crippen LogP contribution in [0.2, 0.25) is 5.15 Å². The van der Waals surface area contributed by atoms with Gasteiger partial charge in [0.15, 0.2) is 0 Å². The first-order chi connectivity index (χ1) is 14.5. The largest absolute Gasteiger partial charge is 0.330 e. The predicted molar refractivity (Wildman–Crippen MR) is 120 cm³/mol. The summed E-state index contributed by atoms with van der Waals surface area (Å²) in [6.45, 7) is 4.89. The first kappa shape index (κ1) is 20.0. The van der Waals surface area contributed by atoms with Crippen molar-refractivity contribution in [2.24, 2.45) is 0 Å². The normalized spacial score (nSPS) is 10.9. The zero-order valence-electron chi connectivity index (χ0n) is 17.0. The van der Waals surface area contributed by atoms with Crippen molar-refractivity contribution in [3.63, 3.8) is 0 Å². The van der Waals surface area contributed by atoms with Gasteiger partial charge in [0.2, 0.25) is 0 Å². The van der Waals surface area contributed by atoms with E-state index in [9.17, 15) is 4.79 Å². The molecule has 0 N–H and O–H groups in total. The fourth-order valence-corrected chi connectivity index (χ4v) is 3.86. The Bertz CT molecular complexity index is 1190. The third kappa shape index (κ3) is 4.34. The lowest BCUT2D eigenvalue weighted by atomic mass is 10.0. The van der Waals surface area contributed by atoms with Crippen LogP contribution in [0.3, 0.4) is 0 Å². The number of halogens is 1. The summed E-state index contributed by atoms with van der Waals surface area (Å²) in [5, 5.41) is 1.45. The minimum absolute atomic E-state index is 0.0592. The molecule has 0 spiro atoms. The zero-order chi connectivity index (χ0) is 21.1. The maximum absolute atomic E-state index is 13.3. The van der Waals surface area contributed by atoms with E-state index in [0.29, 0.717) is 23.8 Å². The van der Waals surface area contributed by atoms with Crippen molar-refractivity contribution in [1.82, 2.24) is 14.9 Å². The summed E-state index contributed by atoms with van der Waals surface area (Å²) >= 11 is 6.55. The molecule has 2 aromatic heterocycles. The highest BCUT2D eigenvalue weighted by molar-refractivity contribution is 6.30. The molecule has 0 radical (unpaired) electrons. The van der Waals surface area contributed by atoms with Crippen molar-refractivity contribution in [3.8, 4) is 0 Å². The molecular weight excluding hydrogens is 394 g/mol. The van der Waals surface area contributed by atoms with Crippen molar-refractivity contribution in [2.75, 3.05) is 0 Å². The predicted octanol–water partition coefficient (Wildman–Crippen LogP) is 5.74. The number of carbonyl (C=O) groups excluding carboxylic acids is 1. The van der Waals surface area contributed by atoms with Crippen LogP contribution in [0.5, 0.6) is 0 Å². The number of benzene rings is 2. The SMILES string of the molecule is Cc1cc(C)c2nc(Cl)c(CN(Cc3cccnc3)C(=O)c3ccccc3)cc2c1. The molecule has 4 nitrogen and oxygen atoms in total. The monoisotopic (exact) mass is 415 g/mol. The van der Waals surface area contributed by atoms with E-state index in [4.69, 9.17) is 11.6 Å². The lowest BCUT2D eigenvalue weighted by Crippen LogP contribution is -2.30. The Balaban J connectivity index is 1.72. The summed E-state index contributed by atoms with van der Waals surface area (Å²) in [5.74, 6) is -0.0592. The highest BCUT2D eigenvalue weighted by Crippen LogP contribution is 2.26. The molecule has 2 heterocycles. The Morgan fingerprint density at radius 3 is 2.53 bits per heavy atom. The molecule has 2 aromatic carbocycles. The maximum atomic E-state index is 13.3. The van der Waals surface area contributed by atoms with E-state index >= 15 is 0 Å². The van der Waals surface area contributed by atoms with Crippen LogP contribution in [-0.4, -0.2) is 20.8 Å². The molecule has 4 aromatic rings. The first-order valence-electron chi connectivity index (χ1n) is 9.81.